The summed E-state index contributed by atoms with van der Waals surface area (Å²) in [6.45, 7) is 2.79. The zero-order chi connectivity index (χ0) is 16.0. The van der Waals surface area contributed by atoms with Crippen LogP contribution in [0.1, 0.15) is 84.0 Å². The second-order valence-electron chi connectivity index (χ2n) is 6.16. The molecule has 4 nitrogen and oxygen atoms in total. The van der Waals surface area contributed by atoms with Crippen LogP contribution < -0.4 is 11.2 Å². The van der Waals surface area contributed by atoms with Crippen LogP contribution in [-0.4, -0.2) is 9.55 Å². The lowest BCUT2D eigenvalue weighted by molar-refractivity contribution is 0.517. The average molecular weight is 308 g/mol. The fourth-order valence-electron chi connectivity index (χ4n) is 2.77. The molecule has 0 amide bonds. The van der Waals surface area contributed by atoms with Gasteiger partial charge in [-0.1, -0.05) is 77.6 Å². The van der Waals surface area contributed by atoms with Gasteiger partial charge in [0.1, 0.15) is 0 Å². The van der Waals surface area contributed by atoms with Crippen molar-refractivity contribution in [1.82, 2.24) is 9.55 Å². The first-order valence-corrected chi connectivity index (χ1v) is 9.04. The summed E-state index contributed by atoms with van der Waals surface area (Å²) >= 11 is 0. The molecule has 0 aliphatic carbocycles. The highest BCUT2D eigenvalue weighted by Gasteiger charge is 1.99. The minimum atomic E-state index is -0.296. The van der Waals surface area contributed by atoms with Crippen LogP contribution >= 0.6 is 0 Å². The van der Waals surface area contributed by atoms with Crippen LogP contribution in [0.25, 0.3) is 0 Å². The zero-order valence-corrected chi connectivity index (χ0v) is 14.1. The smallest absolute Gasteiger partial charge is 0.314 e. The minimum absolute atomic E-state index is 0.202. The fraction of sp³-hybridized carbons (Fsp3) is 0.778. The van der Waals surface area contributed by atoms with Crippen LogP contribution in [0.3, 0.4) is 0 Å². The van der Waals surface area contributed by atoms with E-state index in [0.717, 1.165) is 12.8 Å². The Labute approximate surface area is 134 Å². The molecule has 0 aliphatic heterocycles. The van der Waals surface area contributed by atoms with Crippen LogP contribution in [0.15, 0.2) is 21.9 Å². The first kappa shape index (κ1) is 18.7. The summed E-state index contributed by atoms with van der Waals surface area (Å²) < 4.78 is 1.29. The van der Waals surface area contributed by atoms with Crippen molar-refractivity contribution in [3.8, 4) is 0 Å². The number of hydrogen-bond acceptors (Lipinski definition) is 2. The van der Waals surface area contributed by atoms with Gasteiger partial charge in [0.25, 0.3) is 5.56 Å². The van der Waals surface area contributed by atoms with E-state index >= 15 is 0 Å². The van der Waals surface area contributed by atoms with Gasteiger partial charge in [-0.3, -0.25) is 9.36 Å². The van der Waals surface area contributed by atoms with E-state index in [1.54, 1.807) is 0 Å². The van der Waals surface area contributed by atoms with E-state index in [0.29, 0.717) is 6.54 Å². The van der Waals surface area contributed by atoms with Crippen molar-refractivity contribution < 1.29 is 0 Å². The van der Waals surface area contributed by atoms with Crippen molar-refractivity contribution in [3.05, 3.63) is 33.1 Å². The van der Waals surface area contributed by atoms with E-state index in [-0.39, 0.29) is 11.2 Å². The predicted molar refractivity (Wildman–Crippen MR) is 92.4 cm³/mol. The second-order valence-corrected chi connectivity index (χ2v) is 6.16. The third kappa shape index (κ3) is 8.20. The number of H-pyrrole nitrogens is 1. The molecule has 1 aromatic heterocycles. The van der Waals surface area contributed by atoms with Gasteiger partial charge in [-0.05, 0) is 6.42 Å². The highest BCUT2D eigenvalue weighted by molar-refractivity contribution is 4.82. The molecule has 0 unspecified atom stereocenters. The number of aromatic nitrogens is 2. The number of rotatable bonds is 13. The molecule has 0 saturated carbocycles. The number of nitrogens with one attached hydrogen (secondary N) is 1. The van der Waals surface area contributed by atoms with E-state index in [4.69, 9.17) is 0 Å². The van der Waals surface area contributed by atoms with Gasteiger partial charge in [0.15, 0.2) is 0 Å². The summed E-state index contributed by atoms with van der Waals surface area (Å²) in [6.07, 6.45) is 16.8. The Hall–Kier alpha value is -1.32. The molecule has 0 saturated heterocycles. The normalized spacial score (nSPS) is 11.0. The third-order valence-corrected chi connectivity index (χ3v) is 4.18. The van der Waals surface area contributed by atoms with Crippen LogP contribution in [0.2, 0.25) is 0 Å². The molecule has 22 heavy (non-hydrogen) atoms. The molecule has 1 N–H and O–H groups in total. The average Bonchev–Trinajstić information content (AvgIpc) is 2.51. The van der Waals surface area contributed by atoms with Crippen molar-refractivity contribution in [1.29, 1.82) is 0 Å². The van der Waals surface area contributed by atoms with Crippen LogP contribution in [0, 0.1) is 0 Å². The van der Waals surface area contributed by atoms with Crippen molar-refractivity contribution in [2.45, 2.75) is 90.5 Å². The van der Waals surface area contributed by atoms with Gasteiger partial charge in [-0.25, -0.2) is 4.79 Å². The van der Waals surface area contributed by atoms with E-state index in [1.165, 1.54) is 81.0 Å². The van der Waals surface area contributed by atoms with E-state index in [1.807, 2.05) is 0 Å². The molecule has 0 atom stereocenters. The molecule has 0 aliphatic rings. The molecular weight excluding hydrogens is 276 g/mol. The van der Waals surface area contributed by atoms with Crippen molar-refractivity contribution in [3.63, 3.8) is 0 Å². The van der Waals surface area contributed by atoms with Gasteiger partial charge >= 0.3 is 5.69 Å². The quantitative estimate of drug-likeness (QED) is 0.554. The predicted octanol–water partition coefficient (Wildman–Crippen LogP) is 4.24. The molecule has 4 heteroatoms. The van der Waals surface area contributed by atoms with Crippen LogP contribution in [0.4, 0.5) is 0 Å². The van der Waals surface area contributed by atoms with Crippen LogP contribution in [0.5, 0.6) is 0 Å². The molecule has 0 bridgehead atoms. The molecule has 0 radical (unpaired) electrons. The Morgan fingerprint density at radius 3 is 1.82 bits per heavy atom. The van der Waals surface area contributed by atoms with E-state index < -0.39 is 0 Å². The fourth-order valence-corrected chi connectivity index (χ4v) is 2.77. The molecular formula is C18H32N2O2. The molecule has 1 aromatic rings. The van der Waals surface area contributed by atoms with Crippen molar-refractivity contribution in [2.24, 2.45) is 0 Å². The standard InChI is InChI=1S/C18H32N2O2/c1-2-3-4-5-6-7-8-9-10-11-12-13-16-20-17(21)14-15-19-18(20)22/h14-15H,2-13,16H2,1H3,(H,19,22). The molecule has 1 heterocycles. The first-order chi connectivity index (χ1) is 10.8. The second kappa shape index (κ2) is 12.2. The molecule has 0 spiro atoms. The van der Waals surface area contributed by atoms with Crippen molar-refractivity contribution >= 4 is 0 Å². The number of hydrogen-bond donors (Lipinski definition) is 1. The summed E-state index contributed by atoms with van der Waals surface area (Å²) in [4.78, 5) is 25.5. The minimum Gasteiger partial charge on any atom is -0.314 e. The van der Waals surface area contributed by atoms with Gasteiger partial charge in [0, 0.05) is 18.8 Å². The third-order valence-electron chi connectivity index (χ3n) is 4.18. The largest absolute Gasteiger partial charge is 0.328 e. The lowest BCUT2D eigenvalue weighted by atomic mass is 10.1. The number of nitrogens with zero attached hydrogens (tertiary/aromatic N) is 1. The monoisotopic (exact) mass is 308 g/mol. The van der Waals surface area contributed by atoms with Gasteiger partial charge in [0.2, 0.25) is 0 Å². The maximum Gasteiger partial charge on any atom is 0.328 e. The maximum absolute atomic E-state index is 11.5. The Balaban J connectivity index is 1.94. The molecule has 126 valence electrons. The SMILES string of the molecule is CCCCCCCCCCCCCCn1c(=O)cc[nH]c1=O. The van der Waals surface area contributed by atoms with Gasteiger partial charge in [-0.15, -0.1) is 0 Å². The van der Waals surface area contributed by atoms with Gasteiger partial charge in [-0.2, -0.15) is 0 Å². The van der Waals surface area contributed by atoms with Crippen molar-refractivity contribution in [2.75, 3.05) is 0 Å². The number of aromatic amines is 1. The number of unbranched alkanes of at least 4 members (excludes halogenated alkanes) is 11. The van der Waals surface area contributed by atoms with Gasteiger partial charge in [0.05, 0.1) is 0 Å². The van der Waals surface area contributed by atoms with E-state index in [2.05, 4.69) is 11.9 Å². The molecule has 0 aromatic carbocycles. The summed E-state index contributed by atoms with van der Waals surface area (Å²) in [5.41, 5.74) is -0.498. The molecule has 0 fully saturated rings. The summed E-state index contributed by atoms with van der Waals surface area (Å²) in [7, 11) is 0. The molecule has 1 rings (SSSR count). The Bertz CT molecular complexity index is 462. The summed E-state index contributed by atoms with van der Waals surface area (Å²) in [5.74, 6) is 0. The lowest BCUT2D eigenvalue weighted by Crippen LogP contribution is -2.33. The zero-order valence-electron chi connectivity index (χ0n) is 14.1. The first-order valence-electron chi connectivity index (χ1n) is 9.04. The van der Waals surface area contributed by atoms with E-state index in [9.17, 15) is 9.59 Å². The Morgan fingerprint density at radius 1 is 0.818 bits per heavy atom. The summed E-state index contributed by atoms with van der Waals surface area (Å²) in [6, 6.07) is 1.40. The lowest BCUT2D eigenvalue weighted by Gasteiger charge is -2.04. The highest BCUT2D eigenvalue weighted by atomic mass is 16.2. The van der Waals surface area contributed by atoms with Gasteiger partial charge < -0.3 is 4.98 Å². The Kier molecular flexibility index (Phi) is 10.4. The summed E-state index contributed by atoms with van der Waals surface area (Å²) in [5, 5.41) is 0. The van der Waals surface area contributed by atoms with Crippen LogP contribution in [-0.2, 0) is 6.54 Å². The maximum atomic E-state index is 11.5. The highest BCUT2D eigenvalue weighted by Crippen LogP contribution is 2.11. The Morgan fingerprint density at radius 2 is 1.32 bits per heavy atom. The topological polar surface area (TPSA) is 54.9 Å².